The number of carbonyl (C=O) groups excluding carboxylic acids is 2. The Morgan fingerprint density at radius 1 is 1.38 bits per heavy atom. The zero-order valence-electron chi connectivity index (χ0n) is 15.4. The van der Waals surface area contributed by atoms with Gasteiger partial charge in [0.1, 0.15) is 11.9 Å². The summed E-state index contributed by atoms with van der Waals surface area (Å²) >= 11 is 0. The molecule has 1 aromatic heterocycles. The molecule has 140 valence electrons. The first-order chi connectivity index (χ1) is 12.6. The first-order valence-electron chi connectivity index (χ1n) is 9.42. The van der Waals surface area contributed by atoms with E-state index in [4.69, 9.17) is 4.74 Å². The molecule has 6 heteroatoms. The number of allylic oxidation sites excluding steroid dienone is 1. The number of amides is 2. The molecule has 2 amide bonds. The van der Waals surface area contributed by atoms with Gasteiger partial charge in [-0.1, -0.05) is 11.6 Å². The van der Waals surface area contributed by atoms with Gasteiger partial charge in [0.25, 0.3) is 0 Å². The number of carbonyl (C=O) groups is 2. The lowest BCUT2D eigenvalue weighted by Crippen LogP contribution is -2.31. The van der Waals surface area contributed by atoms with Crippen molar-refractivity contribution in [3.8, 4) is 5.75 Å². The van der Waals surface area contributed by atoms with Gasteiger partial charge in [-0.2, -0.15) is 0 Å². The van der Waals surface area contributed by atoms with Crippen molar-refractivity contribution in [3.05, 3.63) is 35.7 Å². The molecule has 1 fully saturated rings. The van der Waals surface area contributed by atoms with Gasteiger partial charge in [0.2, 0.25) is 11.8 Å². The van der Waals surface area contributed by atoms with Crippen LogP contribution in [0, 0.1) is 0 Å². The third kappa shape index (κ3) is 5.31. The standard InChI is InChI=1S/C20H27N3O3/c1-15(24)22-13-17-12-18(7-9-21-17)26-19-8-10-23(14-19)20(25)11-16-5-3-2-4-6-16/h5,7,9,12,19H,2-4,6,8,10-11,13-14H2,1H3,(H,22,24). The molecule has 0 aromatic carbocycles. The zero-order valence-corrected chi connectivity index (χ0v) is 15.4. The minimum absolute atomic E-state index is 0.00954. The van der Waals surface area contributed by atoms with Crippen LogP contribution in [0.1, 0.15) is 51.1 Å². The molecule has 0 radical (unpaired) electrons. The van der Waals surface area contributed by atoms with Crippen LogP contribution < -0.4 is 10.1 Å². The molecule has 2 heterocycles. The topological polar surface area (TPSA) is 71.5 Å². The molecule has 1 saturated heterocycles. The second-order valence-electron chi connectivity index (χ2n) is 7.05. The van der Waals surface area contributed by atoms with Crippen molar-refractivity contribution in [3.63, 3.8) is 0 Å². The van der Waals surface area contributed by atoms with Crippen molar-refractivity contribution >= 4 is 11.8 Å². The van der Waals surface area contributed by atoms with Crippen molar-refractivity contribution in [2.75, 3.05) is 13.1 Å². The highest BCUT2D eigenvalue weighted by atomic mass is 16.5. The number of aromatic nitrogens is 1. The minimum Gasteiger partial charge on any atom is -0.488 e. The predicted octanol–water partition coefficient (Wildman–Crippen LogP) is 2.59. The summed E-state index contributed by atoms with van der Waals surface area (Å²) in [5.41, 5.74) is 2.05. The fraction of sp³-hybridized carbons (Fsp3) is 0.550. The molecule has 6 nitrogen and oxygen atoms in total. The second-order valence-corrected chi connectivity index (χ2v) is 7.05. The van der Waals surface area contributed by atoms with Gasteiger partial charge < -0.3 is 15.0 Å². The maximum Gasteiger partial charge on any atom is 0.226 e. The lowest BCUT2D eigenvalue weighted by atomic mass is 9.97. The molecule has 1 atom stereocenters. The Bertz CT molecular complexity index is 687. The lowest BCUT2D eigenvalue weighted by Gasteiger charge is -2.19. The summed E-state index contributed by atoms with van der Waals surface area (Å²) in [5.74, 6) is 0.858. The summed E-state index contributed by atoms with van der Waals surface area (Å²) < 4.78 is 6.03. The van der Waals surface area contributed by atoms with Crippen LogP contribution in [-0.4, -0.2) is 40.9 Å². The molecule has 1 aliphatic heterocycles. The smallest absolute Gasteiger partial charge is 0.226 e. The molecule has 1 N–H and O–H groups in total. The highest BCUT2D eigenvalue weighted by Crippen LogP contribution is 2.23. The minimum atomic E-state index is -0.0869. The van der Waals surface area contributed by atoms with Gasteiger partial charge in [0.05, 0.1) is 18.8 Å². The molecule has 26 heavy (non-hydrogen) atoms. The summed E-state index contributed by atoms with van der Waals surface area (Å²) in [5, 5.41) is 2.73. The fourth-order valence-corrected chi connectivity index (χ4v) is 3.46. The largest absolute Gasteiger partial charge is 0.488 e. The average molecular weight is 357 g/mol. The molecule has 0 bridgehead atoms. The van der Waals surface area contributed by atoms with Crippen LogP contribution in [0.2, 0.25) is 0 Å². The van der Waals surface area contributed by atoms with Crippen molar-refractivity contribution in [2.24, 2.45) is 0 Å². The van der Waals surface area contributed by atoms with Crippen LogP contribution in [0.25, 0.3) is 0 Å². The Hall–Kier alpha value is -2.37. The maximum atomic E-state index is 12.5. The van der Waals surface area contributed by atoms with E-state index in [0.29, 0.717) is 19.5 Å². The molecule has 0 saturated carbocycles. The quantitative estimate of drug-likeness (QED) is 0.795. The van der Waals surface area contributed by atoms with Crippen LogP contribution in [0.5, 0.6) is 5.75 Å². The molecule has 3 rings (SSSR count). The van der Waals surface area contributed by atoms with E-state index in [1.54, 1.807) is 6.20 Å². The molecular formula is C20H27N3O3. The van der Waals surface area contributed by atoms with Crippen LogP contribution >= 0.6 is 0 Å². The Labute approximate surface area is 154 Å². The maximum absolute atomic E-state index is 12.5. The fourth-order valence-electron chi connectivity index (χ4n) is 3.46. The molecule has 1 aromatic rings. The van der Waals surface area contributed by atoms with Crippen molar-refractivity contribution in [2.45, 2.75) is 58.1 Å². The number of nitrogens with one attached hydrogen (secondary N) is 1. The molecule has 2 aliphatic rings. The van der Waals surface area contributed by atoms with Crippen molar-refractivity contribution in [1.82, 2.24) is 15.2 Å². The molecular weight excluding hydrogens is 330 g/mol. The normalized spacial score (nSPS) is 19.8. The number of likely N-dealkylation sites (tertiary alicyclic amines) is 1. The molecule has 1 unspecified atom stereocenters. The third-order valence-electron chi connectivity index (χ3n) is 4.87. The average Bonchev–Trinajstić information content (AvgIpc) is 3.10. The van der Waals surface area contributed by atoms with Crippen LogP contribution in [-0.2, 0) is 16.1 Å². The number of ether oxygens (including phenoxy) is 1. The Balaban J connectivity index is 1.49. The van der Waals surface area contributed by atoms with Crippen molar-refractivity contribution < 1.29 is 14.3 Å². The first-order valence-corrected chi connectivity index (χ1v) is 9.42. The van der Waals surface area contributed by atoms with E-state index < -0.39 is 0 Å². The summed E-state index contributed by atoms with van der Waals surface area (Å²) in [6, 6.07) is 3.65. The zero-order chi connectivity index (χ0) is 18.4. The van der Waals surface area contributed by atoms with E-state index in [1.807, 2.05) is 17.0 Å². The Morgan fingerprint density at radius 2 is 2.27 bits per heavy atom. The summed E-state index contributed by atoms with van der Waals surface area (Å²) in [4.78, 5) is 29.7. The number of pyridine rings is 1. The monoisotopic (exact) mass is 357 g/mol. The van der Waals surface area contributed by atoms with Crippen LogP contribution in [0.3, 0.4) is 0 Å². The summed E-state index contributed by atoms with van der Waals surface area (Å²) in [6.07, 6.45) is 9.94. The number of hydrogen-bond donors (Lipinski definition) is 1. The number of nitrogens with zero attached hydrogens (tertiary/aromatic N) is 2. The number of hydrogen-bond acceptors (Lipinski definition) is 4. The van der Waals surface area contributed by atoms with E-state index in [-0.39, 0.29) is 17.9 Å². The Kier molecular flexibility index (Phi) is 6.26. The van der Waals surface area contributed by atoms with E-state index >= 15 is 0 Å². The van der Waals surface area contributed by atoms with Crippen molar-refractivity contribution in [1.29, 1.82) is 0 Å². The van der Waals surface area contributed by atoms with Crippen LogP contribution in [0.4, 0.5) is 0 Å². The summed E-state index contributed by atoms with van der Waals surface area (Å²) in [6.45, 7) is 3.25. The first kappa shape index (κ1) is 18.4. The van der Waals surface area contributed by atoms with Gasteiger partial charge in [0, 0.05) is 38.6 Å². The van der Waals surface area contributed by atoms with E-state index in [2.05, 4.69) is 16.4 Å². The van der Waals surface area contributed by atoms with Gasteiger partial charge >= 0.3 is 0 Å². The number of rotatable bonds is 6. The predicted molar refractivity (Wildman–Crippen MR) is 98.5 cm³/mol. The van der Waals surface area contributed by atoms with Gasteiger partial charge in [-0.15, -0.1) is 0 Å². The molecule has 1 aliphatic carbocycles. The van der Waals surface area contributed by atoms with E-state index in [9.17, 15) is 9.59 Å². The third-order valence-corrected chi connectivity index (χ3v) is 4.87. The summed E-state index contributed by atoms with van der Waals surface area (Å²) in [7, 11) is 0. The van der Waals surface area contributed by atoms with E-state index in [0.717, 1.165) is 37.3 Å². The van der Waals surface area contributed by atoms with Gasteiger partial charge in [-0.05, 0) is 31.7 Å². The van der Waals surface area contributed by atoms with Gasteiger partial charge in [0.15, 0.2) is 0 Å². The Morgan fingerprint density at radius 3 is 3.04 bits per heavy atom. The van der Waals surface area contributed by atoms with E-state index in [1.165, 1.54) is 25.3 Å². The highest BCUT2D eigenvalue weighted by Gasteiger charge is 2.28. The second kappa shape index (κ2) is 8.83. The molecule has 0 spiro atoms. The van der Waals surface area contributed by atoms with Gasteiger partial charge in [-0.25, -0.2) is 0 Å². The van der Waals surface area contributed by atoms with Crippen LogP contribution in [0.15, 0.2) is 30.0 Å². The van der Waals surface area contributed by atoms with Gasteiger partial charge in [-0.3, -0.25) is 14.6 Å². The highest BCUT2D eigenvalue weighted by molar-refractivity contribution is 5.79. The lowest BCUT2D eigenvalue weighted by molar-refractivity contribution is -0.129. The SMILES string of the molecule is CC(=O)NCc1cc(OC2CCN(C(=O)CC3=CCCCC3)C2)ccn1.